The number of benzene rings is 2. The van der Waals surface area contributed by atoms with Crippen LogP contribution in [0.15, 0.2) is 69.5 Å². The maximum absolute atomic E-state index is 12.2. The van der Waals surface area contributed by atoms with E-state index in [1.165, 1.54) is 26.0 Å². The molecule has 2 heterocycles. The van der Waals surface area contributed by atoms with Crippen LogP contribution in [0, 0.1) is 0 Å². The molecule has 0 amide bonds. The minimum absolute atomic E-state index is 0.0366. The predicted molar refractivity (Wildman–Crippen MR) is 124 cm³/mol. The van der Waals surface area contributed by atoms with Crippen LogP contribution in [0.2, 0.25) is 0 Å². The van der Waals surface area contributed by atoms with Crippen LogP contribution in [0.1, 0.15) is 99.0 Å². The fourth-order valence-corrected chi connectivity index (χ4v) is 4.10. The molecule has 2 aromatic heterocycles. The van der Waals surface area contributed by atoms with Gasteiger partial charge in [0.05, 0.1) is 11.1 Å². The average Bonchev–Trinajstić information content (AvgIpc) is 3.53. The zero-order valence-corrected chi connectivity index (χ0v) is 19.0. The first-order chi connectivity index (χ1) is 17.2. The first-order valence-corrected chi connectivity index (χ1v) is 10.9. The van der Waals surface area contributed by atoms with E-state index in [0.717, 1.165) is 0 Å². The lowest BCUT2D eigenvalue weighted by Gasteiger charge is -2.11. The third kappa shape index (κ3) is 3.47. The highest BCUT2D eigenvalue weighted by molar-refractivity contribution is 6.28. The summed E-state index contributed by atoms with van der Waals surface area (Å²) in [5.41, 5.74) is 1.68. The van der Waals surface area contributed by atoms with E-state index in [4.69, 9.17) is 8.83 Å². The van der Waals surface area contributed by atoms with Gasteiger partial charge in [0.2, 0.25) is 11.6 Å². The normalized spacial score (nSPS) is 13.2. The van der Waals surface area contributed by atoms with Crippen molar-refractivity contribution in [2.75, 3.05) is 0 Å². The molecule has 176 valence electrons. The van der Waals surface area contributed by atoms with E-state index in [9.17, 15) is 28.8 Å². The SMILES string of the molecule is CC(=O)c1cc2c(o1)C(=O)c1ccccc1C2=O.CC(=O)c1cc2c(o1)C(=O)c1ccccc1C2=O. The maximum atomic E-state index is 12.2. The Morgan fingerprint density at radius 1 is 0.500 bits per heavy atom. The Bertz CT molecular complexity index is 1430. The molecule has 0 aliphatic heterocycles. The van der Waals surface area contributed by atoms with E-state index in [1.807, 2.05) is 0 Å². The molecule has 0 radical (unpaired) electrons. The molecule has 0 atom stereocenters. The van der Waals surface area contributed by atoms with Gasteiger partial charge in [0.1, 0.15) is 0 Å². The van der Waals surface area contributed by atoms with Gasteiger partial charge in [0, 0.05) is 36.1 Å². The number of furan rings is 2. The number of rotatable bonds is 2. The van der Waals surface area contributed by atoms with Gasteiger partial charge in [-0.05, 0) is 12.1 Å². The Morgan fingerprint density at radius 2 is 0.806 bits per heavy atom. The molecule has 0 saturated heterocycles. The molecule has 8 nitrogen and oxygen atoms in total. The summed E-state index contributed by atoms with van der Waals surface area (Å²) in [7, 11) is 0. The van der Waals surface area contributed by atoms with Crippen LogP contribution >= 0.6 is 0 Å². The molecule has 0 spiro atoms. The van der Waals surface area contributed by atoms with Crippen molar-refractivity contribution in [3.05, 3.63) is 117 Å². The smallest absolute Gasteiger partial charge is 0.229 e. The Balaban J connectivity index is 0.000000148. The number of hydrogen-bond acceptors (Lipinski definition) is 8. The second-order valence-corrected chi connectivity index (χ2v) is 8.23. The van der Waals surface area contributed by atoms with Gasteiger partial charge in [-0.3, -0.25) is 28.8 Å². The summed E-state index contributed by atoms with van der Waals surface area (Å²) in [4.78, 5) is 71.1. The maximum Gasteiger partial charge on any atom is 0.229 e. The Kier molecular flexibility index (Phi) is 5.29. The van der Waals surface area contributed by atoms with Gasteiger partial charge in [-0.25, -0.2) is 0 Å². The van der Waals surface area contributed by atoms with Crippen molar-refractivity contribution in [1.82, 2.24) is 0 Å². The lowest BCUT2D eigenvalue weighted by Crippen LogP contribution is -2.18. The van der Waals surface area contributed by atoms with Crippen LogP contribution in [0.3, 0.4) is 0 Å². The van der Waals surface area contributed by atoms with E-state index in [1.54, 1.807) is 48.5 Å². The topological polar surface area (TPSA) is 129 Å². The number of ketones is 6. The fraction of sp³-hybridized carbons (Fsp3) is 0.0714. The molecule has 0 unspecified atom stereocenters. The van der Waals surface area contributed by atoms with Crippen LogP contribution < -0.4 is 0 Å². The zero-order chi connectivity index (χ0) is 25.7. The summed E-state index contributed by atoms with van der Waals surface area (Å²) in [6, 6.07) is 15.8. The molecule has 2 aliphatic carbocycles. The molecule has 6 rings (SSSR count). The second-order valence-electron chi connectivity index (χ2n) is 8.23. The Hall–Kier alpha value is -4.98. The van der Waals surface area contributed by atoms with E-state index in [2.05, 4.69) is 0 Å². The van der Waals surface area contributed by atoms with Gasteiger partial charge in [0.15, 0.2) is 46.2 Å². The summed E-state index contributed by atoms with van der Waals surface area (Å²) in [5, 5.41) is 0. The summed E-state index contributed by atoms with van der Waals surface area (Å²) in [6.07, 6.45) is 0. The molecule has 2 aromatic carbocycles. The fourth-order valence-electron chi connectivity index (χ4n) is 4.10. The highest BCUT2D eigenvalue weighted by atomic mass is 16.4. The van der Waals surface area contributed by atoms with E-state index < -0.39 is 0 Å². The second kappa shape index (κ2) is 8.35. The van der Waals surface area contributed by atoms with E-state index >= 15 is 0 Å². The zero-order valence-electron chi connectivity index (χ0n) is 19.0. The van der Waals surface area contributed by atoms with Crippen molar-refractivity contribution in [3.8, 4) is 0 Å². The van der Waals surface area contributed by atoms with Crippen LogP contribution in [0.4, 0.5) is 0 Å². The quantitative estimate of drug-likeness (QED) is 0.331. The number of Topliss-reactive ketones (excluding diaryl/α,β-unsaturated/α-hetero) is 2. The third-order valence-electron chi connectivity index (χ3n) is 5.89. The lowest BCUT2D eigenvalue weighted by atomic mass is 9.88. The molecule has 8 heteroatoms. The first-order valence-electron chi connectivity index (χ1n) is 10.9. The van der Waals surface area contributed by atoms with Crippen molar-refractivity contribution in [2.45, 2.75) is 13.8 Å². The molecular weight excluding hydrogens is 464 g/mol. The standard InChI is InChI=1S/2C14H8O4/c2*1-7(15)11-6-10-12(16)8-4-2-3-5-9(8)13(17)14(10)18-11/h2*2-6H,1H3. The van der Waals surface area contributed by atoms with Crippen LogP contribution in [0.25, 0.3) is 0 Å². The Labute approximate surface area is 203 Å². The summed E-state index contributed by atoms with van der Waals surface area (Å²) < 4.78 is 10.4. The number of fused-ring (bicyclic) bond motifs is 4. The van der Waals surface area contributed by atoms with Gasteiger partial charge < -0.3 is 8.83 Å². The summed E-state index contributed by atoms with van der Waals surface area (Å²) in [5.74, 6) is -1.90. The molecule has 36 heavy (non-hydrogen) atoms. The van der Waals surface area contributed by atoms with Crippen LogP contribution in [0.5, 0.6) is 0 Å². The number of carbonyl (C=O) groups excluding carboxylic acids is 6. The number of hydrogen-bond donors (Lipinski definition) is 0. The minimum atomic E-state index is -0.354. The van der Waals surface area contributed by atoms with Crippen molar-refractivity contribution in [1.29, 1.82) is 0 Å². The highest BCUT2D eigenvalue weighted by Crippen LogP contribution is 2.30. The van der Waals surface area contributed by atoms with Crippen molar-refractivity contribution in [3.63, 3.8) is 0 Å². The van der Waals surface area contributed by atoms with Crippen molar-refractivity contribution in [2.24, 2.45) is 0 Å². The molecule has 2 aliphatic rings. The molecule has 0 fully saturated rings. The van der Waals surface area contributed by atoms with E-state index in [0.29, 0.717) is 22.3 Å². The van der Waals surface area contributed by atoms with Gasteiger partial charge >= 0.3 is 0 Å². The van der Waals surface area contributed by atoms with Gasteiger partial charge in [0.25, 0.3) is 0 Å². The van der Waals surface area contributed by atoms with Gasteiger partial charge in [-0.15, -0.1) is 0 Å². The number of carbonyl (C=O) groups is 6. The largest absolute Gasteiger partial charge is 0.449 e. The average molecular weight is 480 g/mol. The van der Waals surface area contributed by atoms with Crippen molar-refractivity contribution < 1.29 is 37.6 Å². The van der Waals surface area contributed by atoms with Crippen molar-refractivity contribution >= 4 is 34.7 Å². The molecule has 0 saturated carbocycles. The minimum Gasteiger partial charge on any atom is -0.449 e. The Morgan fingerprint density at radius 3 is 1.11 bits per heavy atom. The third-order valence-corrected chi connectivity index (χ3v) is 5.89. The van der Waals surface area contributed by atoms with Crippen LogP contribution in [-0.4, -0.2) is 34.7 Å². The summed E-state index contributed by atoms with van der Waals surface area (Å²) >= 11 is 0. The van der Waals surface area contributed by atoms with Gasteiger partial charge in [-0.2, -0.15) is 0 Å². The monoisotopic (exact) mass is 480 g/mol. The van der Waals surface area contributed by atoms with Gasteiger partial charge in [-0.1, -0.05) is 48.5 Å². The van der Waals surface area contributed by atoms with Crippen LogP contribution in [-0.2, 0) is 0 Å². The molecular formula is C28H16O8. The molecule has 4 aromatic rings. The van der Waals surface area contributed by atoms with E-state index in [-0.39, 0.29) is 68.9 Å². The highest BCUT2D eigenvalue weighted by Gasteiger charge is 2.35. The predicted octanol–water partition coefficient (Wildman–Crippen LogP) is 4.52. The molecule has 0 bridgehead atoms. The summed E-state index contributed by atoms with van der Waals surface area (Å²) in [6.45, 7) is 2.65. The molecule has 0 N–H and O–H groups in total. The lowest BCUT2D eigenvalue weighted by molar-refractivity contribution is 0.0943. The first kappa shape index (κ1) is 22.8.